The van der Waals surface area contributed by atoms with E-state index in [0.29, 0.717) is 16.6 Å². The van der Waals surface area contributed by atoms with Gasteiger partial charge in [0.15, 0.2) is 5.82 Å². The first kappa shape index (κ1) is 16.6. The van der Waals surface area contributed by atoms with Gasteiger partial charge in [-0.25, -0.2) is 0 Å². The number of rotatable bonds is 5. The number of aromatic nitrogens is 3. The van der Waals surface area contributed by atoms with Crippen LogP contribution in [0.3, 0.4) is 0 Å². The number of carbonyl (C=O) groups is 1. The SMILES string of the molecule is CN(C)c1nc(N)nc(CNC(=O)c2ccc(C3CCCO3)s2)n1. The van der Waals surface area contributed by atoms with E-state index in [9.17, 15) is 4.79 Å². The van der Waals surface area contributed by atoms with Crippen molar-refractivity contribution < 1.29 is 9.53 Å². The maximum atomic E-state index is 12.3. The zero-order valence-electron chi connectivity index (χ0n) is 13.7. The van der Waals surface area contributed by atoms with E-state index < -0.39 is 0 Å². The highest BCUT2D eigenvalue weighted by Crippen LogP contribution is 2.33. The smallest absolute Gasteiger partial charge is 0.261 e. The minimum absolute atomic E-state index is 0.127. The molecule has 3 rings (SSSR count). The minimum Gasteiger partial charge on any atom is -0.373 e. The Bertz CT molecular complexity index is 727. The van der Waals surface area contributed by atoms with E-state index in [2.05, 4.69) is 20.3 Å². The van der Waals surface area contributed by atoms with Crippen LogP contribution in [0.2, 0.25) is 0 Å². The van der Waals surface area contributed by atoms with Crippen LogP contribution in [0.15, 0.2) is 12.1 Å². The summed E-state index contributed by atoms with van der Waals surface area (Å²) in [5.41, 5.74) is 5.67. The van der Waals surface area contributed by atoms with Crippen molar-refractivity contribution in [2.45, 2.75) is 25.5 Å². The van der Waals surface area contributed by atoms with Crippen LogP contribution in [0.1, 0.15) is 39.3 Å². The summed E-state index contributed by atoms with van der Waals surface area (Å²) in [5.74, 6) is 0.864. The van der Waals surface area contributed by atoms with Crippen molar-refractivity contribution in [1.29, 1.82) is 0 Å². The second-order valence-electron chi connectivity index (χ2n) is 5.69. The molecule has 0 aliphatic carbocycles. The number of anilines is 2. The van der Waals surface area contributed by atoms with Crippen LogP contribution in [0.5, 0.6) is 0 Å². The number of nitrogens with zero attached hydrogens (tertiary/aromatic N) is 4. The molecule has 1 unspecified atom stereocenters. The summed E-state index contributed by atoms with van der Waals surface area (Å²) in [4.78, 5) is 28.1. The third-order valence-corrected chi connectivity index (χ3v) is 4.77. The molecule has 0 spiro atoms. The predicted molar refractivity (Wildman–Crippen MR) is 92.0 cm³/mol. The van der Waals surface area contributed by atoms with Gasteiger partial charge in [-0.15, -0.1) is 11.3 Å². The fraction of sp³-hybridized carbons (Fsp3) is 0.467. The lowest BCUT2D eigenvalue weighted by atomic mass is 10.2. The number of amides is 1. The van der Waals surface area contributed by atoms with Crippen LogP contribution in [0, 0.1) is 0 Å². The number of carbonyl (C=O) groups excluding carboxylic acids is 1. The fourth-order valence-electron chi connectivity index (χ4n) is 2.40. The lowest BCUT2D eigenvalue weighted by molar-refractivity contribution is 0.0954. The predicted octanol–water partition coefficient (Wildman–Crippen LogP) is 1.36. The van der Waals surface area contributed by atoms with Crippen LogP contribution < -0.4 is 16.0 Å². The first-order valence-electron chi connectivity index (χ1n) is 7.70. The van der Waals surface area contributed by atoms with Crippen molar-refractivity contribution in [1.82, 2.24) is 20.3 Å². The van der Waals surface area contributed by atoms with Gasteiger partial charge in [0.1, 0.15) is 0 Å². The van der Waals surface area contributed by atoms with Gasteiger partial charge in [0, 0.05) is 25.6 Å². The number of nitrogens with one attached hydrogen (secondary N) is 1. The average Bonchev–Trinajstić information content (AvgIpc) is 3.22. The van der Waals surface area contributed by atoms with E-state index in [1.54, 1.807) is 4.90 Å². The molecule has 128 valence electrons. The van der Waals surface area contributed by atoms with E-state index in [1.807, 2.05) is 26.2 Å². The average molecular weight is 348 g/mol. The van der Waals surface area contributed by atoms with Gasteiger partial charge >= 0.3 is 0 Å². The topological polar surface area (TPSA) is 106 Å². The number of ether oxygens (including phenoxy) is 1. The Balaban J connectivity index is 1.63. The molecule has 1 aliphatic rings. The van der Waals surface area contributed by atoms with Gasteiger partial charge in [0.2, 0.25) is 11.9 Å². The van der Waals surface area contributed by atoms with Crippen molar-refractivity contribution in [3.05, 3.63) is 27.7 Å². The molecule has 0 bridgehead atoms. The zero-order valence-corrected chi connectivity index (χ0v) is 14.5. The van der Waals surface area contributed by atoms with Gasteiger partial charge < -0.3 is 20.7 Å². The highest BCUT2D eigenvalue weighted by molar-refractivity contribution is 7.14. The minimum atomic E-state index is -0.158. The first-order chi connectivity index (χ1) is 11.5. The summed E-state index contributed by atoms with van der Waals surface area (Å²) in [6, 6.07) is 3.78. The highest BCUT2D eigenvalue weighted by atomic mass is 32.1. The van der Waals surface area contributed by atoms with Crippen LogP contribution in [-0.2, 0) is 11.3 Å². The third-order valence-electron chi connectivity index (χ3n) is 3.59. The molecule has 2 aromatic heterocycles. The Morgan fingerprint density at radius 2 is 2.25 bits per heavy atom. The first-order valence-corrected chi connectivity index (χ1v) is 8.52. The molecule has 0 aromatic carbocycles. The Morgan fingerprint density at radius 1 is 1.42 bits per heavy atom. The standard InChI is InChI=1S/C15H20N6O2S/c1-21(2)15-19-12(18-14(16)20-15)8-17-13(22)11-6-5-10(24-11)9-4-3-7-23-9/h5-6,9H,3-4,7-8H2,1-2H3,(H,17,22)(H2,16,18,19,20). The van der Waals surface area contributed by atoms with E-state index >= 15 is 0 Å². The van der Waals surface area contributed by atoms with Gasteiger partial charge in [0.05, 0.1) is 17.5 Å². The second-order valence-corrected chi connectivity index (χ2v) is 6.81. The Labute approximate surface area is 144 Å². The number of thiophene rings is 1. The summed E-state index contributed by atoms with van der Waals surface area (Å²) >= 11 is 1.46. The molecule has 0 saturated carbocycles. The van der Waals surface area contributed by atoms with Crippen molar-refractivity contribution in [2.75, 3.05) is 31.3 Å². The van der Waals surface area contributed by atoms with Crippen molar-refractivity contribution in [3.8, 4) is 0 Å². The lowest BCUT2D eigenvalue weighted by Gasteiger charge is -2.11. The highest BCUT2D eigenvalue weighted by Gasteiger charge is 2.21. The van der Waals surface area contributed by atoms with Crippen LogP contribution in [0.25, 0.3) is 0 Å². The van der Waals surface area contributed by atoms with E-state index in [1.165, 1.54) is 11.3 Å². The van der Waals surface area contributed by atoms with Gasteiger partial charge in [-0.1, -0.05) is 0 Å². The van der Waals surface area contributed by atoms with Gasteiger partial charge in [0.25, 0.3) is 5.91 Å². The Morgan fingerprint density at radius 3 is 2.96 bits per heavy atom. The molecule has 1 amide bonds. The van der Waals surface area contributed by atoms with Gasteiger partial charge in [-0.05, 0) is 25.0 Å². The van der Waals surface area contributed by atoms with Crippen molar-refractivity contribution in [3.63, 3.8) is 0 Å². The molecule has 1 aliphatic heterocycles. The lowest BCUT2D eigenvalue weighted by Crippen LogP contribution is -2.24. The molecular formula is C15H20N6O2S. The zero-order chi connectivity index (χ0) is 17.1. The molecule has 3 heterocycles. The molecule has 1 fully saturated rings. The quantitative estimate of drug-likeness (QED) is 0.840. The molecule has 3 N–H and O–H groups in total. The van der Waals surface area contributed by atoms with E-state index in [-0.39, 0.29) is 24.5 Å². The van der Waals surface area contributed by atoms with E-state index in [4.69, 9.17) is 10.5 Å². The molecule has 1 saturated heterocycles. The summed E-state index contributed by atoms with van der Waals surface area (Å²) < 4.78 is 5.64. The molecular weight excluding hydrogens is 328 g/mol. The normalized spacial score (nSPS) is 17.0. The summed E-state index contributed by atoms with van der Waals surface area (Å²) in [6.45, 7) is 0.985. The van der Waals surface area contributed by atoms with Crippen molar-refractivity contribution >= 4 is 29.1 Å². The molecule has 2 aromatic rings. The maximum absolute atomic E-state index is 12.3. The molecule has 1 atom stereocenters. The van der Waals surface area contributed by atoms with E-state index in [0.717, 1.165) is 24.3 Å². The van der Waals surface area contributed by atoms with Crippen LogP contribution >= 0.6 is 11.3 Å². The Kier molecular flexibility index (Phi) is 4.91. The van der Waals surface area contributed by atoms with Crippen LogP contribution in [-0.4, -0.2) is 41.6 Å². The number of nitrogens with two attached hydrogens (primary N) is 1. The third kappa shape index (κ3) is 3.80. The second kappa shape index (κ2) is 7.10. The number of nitrogen functional groups attached to an aromatic ring is 1. The monoisotopic (exact) mass is 348 g/mol. The molecule has 8 nitrogen and oxygen atoms in total. The van der Waals surface area contributed by atoms with Gasteiger partial charge in [-0.3, -0.25) is 4.79 Å². The van der Waals surface area contributed by atoms with Gasteiger partial charge in [-0.2, -0.15) is 15.0 Å². The number of hydrogen-bond acceptors (Lipinski definition) is 8. The summed E-state index contributed by atoms with van der Waals surface area (Å²) in [5, 5.41) is 2.82. The largest absolute Gasteiger partial charge is 0.373 e. The maximum Gasteiger partial charge on any atom is 0.261 e. The Hall–Kier alpha value is -2.26. The molecule has 0 radical (unpaired) electrons. The number of hydrogen-bond donors (Lipinski definition) is 2. The van der Waals surface area contributed by atoms with Crippen LogP contribution in [0.4, 0.5) is 11.9 Å². The summed E-state index contributed by atoms with van der Waals surface area (Å²) in [6.07, 6.45) is 2.21. The molecule has 9 heteroatoms. The fourth-order valence-corrected chi connectivity index (χ4v) is 3.41. The molecule has 24 heavy (non-hydrogen) atoms. The van der Waals surface area contributed by atoms with Crippen molar-refractivity contribution in [2.24, 2.45) is 0 Å². The summed E-state index contributed by atoms with van der Waals surface area (Å²) in [7, 11) is 3.63.